The van der Waals surface area contributed by atoms with Gasteiger partial charge in [0, 0.05) is 6.54 Å². The average Bonchev–Trinajstić information content (AvgIpc) is 2.33. The largest absolute Gasteiger partial charge is 0.319 e. The zero-order chi connectivity index (χ0) is 13.1. The molecule has 104 valence electrons. The van der Waals surface area contributed by atoms with Crippen molar-refractivity contribution in [2.45, 2.75) is 34.1 Å². The Morgan fingerprint density at radius 1 is 0.941 bits per heavy atom. The van der Waals surface area contributed by atoms with Crippen molar-refractivity contribution >= 4 is 0 Å². The fourth-order valence-electron chi connectivity index (χ4n) is 2.29. The quantitative estimate of drug-likeness (QED) is 0.598. The van der Waals surface area contributed by atoms with Crippen LogP contribution in [-0.2, 0) is 0 Å². The molecule has 1 atom stereocenters. The molecule has 0 radical (unpaired) electrons. The number of rotatable bonds is 11. The minimum atomic E-state index is 0.744. The lowest BCUT2D eigenvalue weighted by atomic mass is 10.1. The molecule has 1 unspecified atom stereocenters. The highest BCUT2D eigenvalue weighted by atomic mass is 15.1. The van der Waals surface area contributed by atoms with E-state index in [0.29, 0.717) is 0 Å². The van der Waals surface area contributed by atoms with E-state index >= 15 is 0 Å². The molecule has 0 saturated heterocycles. The summed E-state index contributed by atoms with van der Waals surface area (Å²) in [6.45, 7) is 17.4. The van der Waals surface area contributed by atoms with Gasteiger partial charge in [-0.2, -0.15) is 0 Å². The molecule has 0 aliphatic heterocycles. The molecule has 0 saturated carbocycles. The van der Waals surface area contributed by atoms with Gasteiger partial charge < -0.3 is 15.1 Å². The van der Waals surface area contributed by atoms with Crippen LogP contribution in [0, 0.1) is 5.92 Å². The molecular weight excluding hydrogens is 210 g/mol. The Morgan fingerprint density at radius 3 is 1.94 bits per heavy atom. The molecule has 0 aromatic rings. The van der Waals surface area contributed by atoms with Crippen molar-refractivity contribution in [3.8, 4) is 0 Å². The van der Waals surface area contributed by atoms with Crippen molar-refractivity contribution < 1.29 is 0 Å². The van der Waals surface area contributed by atoms with Gasteiger partial charge in [0.15, 0.2) is 0 Å². The van der Waals surface area contributed by atoms with Gasteiger partial charge in [0.2, 0.25) is 0 Å². The van der Waals surface area contributed by atoms with Crippen molar-refractivity contribution in [2.75, 3.05) is 52.9 Å². The first-order chi connectivity index (χ1) is 8.17. The standard InChI is InChI=1S/C14H33N3/c1-6-16(7-2)10-9-11-17(8-3)13-14(4)12-15-5/h14-15H,6-13H2,1-5H3. The molecular formula is C14H33N3. The predicted octanol–water partition coefficient (Wildman–Crippen LogP) is 1.90. The highest BCUT2D eigenvalue weighted by Crippen LogP contribution is 2.01. The van der Waals surface area contributed by atoms with Crippen LogP contribution in [0.15, 0.2) is 0 Å². The van der Waals surface area contributed by atoms with Gasteiger partial charge in [-0.3, -0.25) is 0 Å². The average molecular weight is 243 g/mol. The van der Waals surface area contributed by atoms with Gasteiger partial charge in [-0.25, -0.2) is 0 Å². The fraction of sp³-hybridized carbons (Fsp3) is 1.00. The summed E-state index contributed by atoms with van der Waals surface area (Å²) in [5.74, 6) is 0.744. The van der Waals surface area contributed by atoms with E-state index in [0.717, 1.165) is 12.5 Å². The molecule has 1 N–H and O–H groups in total. The number of nitrogens with zero attached hydrogens (tertiary/aromatic N) is 2. The summed E-state index contributed by atoms with van der Waals surface area (Å²) in [6.07, 6.45) is 1.29. The molecule has 0 aromatic heterocycles. The third-order valence-corrected chi connectivity index (χ3v) is 3.41. The van der Waals surface area contributed by atoms with Crippen molar-refractivity contribution in [3.63, 3.8) is 0 Å². The summed E-state index contributed by atoms with van der Waals surface area (Å²) in [5.41, 5.74) is 0. The summed E-state index contributed by atoms with van der Waals surface area (Å²) in [4.78, 5) is 5.08. The van der Waals surface area contributed by atoms with Crippen LogP contribution < -0.4 is 5.32 Å². The van der Waals surface area contributed by atoms with E-state index in [-0.39, 0.29) is 0 Å². The molecule has 17 heavy (non-hydrogen) atoms. The van der Waals surface area contributed by atoms with E-state index in [1.807, 2.05) is 7.05 Å². The minimum absolute atomic E-state index is 0.744. The maximum absolute atomic E-state index is 3.25. The van der Waals surface area contributed by atoms with Crippen LogP contribution >= 0.6 is 0 Å². The van der Waals surface area contributed by atoms with Crippen LogP contribution in [-0.4, -0.2) is 62.7 Å². The zero-order valence-corrected chi connectivity index (χ0v) is 12.6. The number of nitrogens with one attached hydrogen (secondary N) is 1. The van der Waals surface area contributed by atoms with Gasteiger partial charge in [-0.1, -0.05) is 27.7 Å². The predicted molar refractivity (Wildman–Crippen MR) is 77.6 cm³/mol. The van der Waals surface area contributed by atoms with Gasteiger partial charge in [0.25, 0.3) is 0 Å². The van der Waals surface area contributed by atoms with Crippen molar-refractivity contribution in [1.82, 2.24) is 15.1 Å². The lowest BCUT2D eigenvalue weighted by molar-refractivity contribution is 0.221. The van der Waals surface area contributed by atoms with Gasteiger partial charge in [-0.15, -0.1) is 0 Å². The first kappa shape index (κ1) is 16.9. The van der Waals surface area contributed by atoms with Crippen LogP contribution in [0.5, 0.6) is 0 Å². The molecule has 0 fully saturated rings. The first-order valence-electron chi connectivity index (χ1n) is 7.27. The molecule has 0 bridgehead atoms. The molecule has 0 aliphatic carbocycles. The Balaban J connectivity index is 3.73. The number of hydrogen-bond donors (Lipinski definition) is 1. The van der Waals surface area contributed by atoms with Crippen molar-refractivity contribution in [3.05, 3.63) is 0 Å². The third kappa shape index (κ3) is 8.58. The van der Waals surface area contributed by atoms with E-state index in [9.17, 15) is 0 Å². The zero-order valence-electron chi connectivity index (χ0n) is 12.6. The van der Waals surface area contributed by atoms with E-state index in [1.165, 1.54) is 45.7 Å². The van der Waals surface area contributed by atoms with Crippen LogP contribution in [0.3, 0.4) is 0 Å². The van der Waals surface area contributed by atoms with Crippen LogP contribution in [0.4, 0.5) is 0 Å². The second kappa shape index (κ2) is 11.0. The molecule has 0 aromatic carbocycles. The van der Waals surface area contributed by atoms with Gasteiger partial charge in [0.05, 0.1) is 0 Å². The molecule has 0 amide bonds. The summed E-state index contributed by atoms with van der Waals surface area (Å²) < 4.78 is 0. The Bertz CT molecular complexity index is 158. The van der Waals surface area contributed by atoms with E-state index in [1.54, 1.807) is 0 Å². The van der Waals surface area contributed by atoms with Crippen LogP contribution in [0.1, 0.15) is 34.1 Å². The molecule has 0 heterocycles. The Morgan fingerprint density at radius 2 is 1.47 bits per heavy atom. The van der Waals surface area contributed by atoms with E-state index in [2.05, 4.69) is 42.8 Å². The van der Waals surface area contributed by atoms with E-state index < -0.39 is 0 Å². The first-order valence-corrected chi connectivity index (χ1v) is 7.27. The van der Waals surface area contributed by atoms with Gasteiger partial charge in [-0.05, 0) is 58.7 Å². The van der Waals surface area contributed by atoms with Gasteiger partial charge in [0.1, 0.15) is 0 Å². The second-order valence-corrected chi connectivity index (χ2v) is 4.94. The lowest BCUT2D eigenvalue weighted by Gasteiger charge is -2.25. The Labute approximate surface area is 109 Å². The molecule has 3 nitrogen and oxygen atoms in total. The summed E-state index contributed by atoms with van der Waals surface area (Å²) in [5, 5.41) is 3.25. The molecule has 0 aliphatic rings. The Kier molecular flexibility index (Phi) is 10.9. The number of hydrogen-bond acceptors (Lipinski definition) is 3. The fourth-order valence-corrected chi connectivity index (χ4v) is 2.29. The van der Waals surface area contributed by atoms with Gasteiger partial charge >= 0.3 is 0 Å². The van der Waals surface area contributed by atoms with Crippen molar-refractivity contribution in [2.24, 2.45) is 5.92 Å². The highest BCUT2D eigenvalue weighted by Gasteiger charge is 2.08. The highest BCUT2D eigenvalue weighted by molar-refractivity contribution is 4.64. The minimum Gasteiger partial charge on any atom is -0.319 e. The lowest BCUT2D eigenvalue weighted by Crippen LogP contribution is -2.35. The van der Waals surface area contributed by atoms with Crippen molar-refractivity contribution in [1.29, 1.82) is 0 Å². The topological polar surface area (TPSA) is 18.5 Å². The third-order valence-electron chi connectivity index (χ3n) is 3.41. The summed E-state index contributed by atoms with van der Waals surface area (Å²) in [7, 11) is 2.03. The summed E-state index contributed by atoms with van der Waals surface area (Å²) >= 11 is 0. The Hall–Kier alpha value is -0.120. The monoisotopic (exact) mass is 243 g/mol. The molecule has 0 spiro atoms. The van der Waals surface area contributed by atoms with E-state index in [4.69, 9.17) is 0 Å². The normalized spacial score (nSPS) is 13.6. The van der Waals surface area contributed by atoms with Crippen LogP contribution in [0.2, 0.25) is 0 Å². The maximum Gasteiger partial charge on any atom is 0.00190 e. The smallest absolute Gasteiger partial charge is 0.00190 e. The second-order valence-electron chi connectivity index (χ2n) is 4.94. The maximum atomic E-state index is 3.25. The SMILES string of the molecule is CCN(CC)CCCN(CC)CC(C)CNC. The summed E-state index contributed by atoms with van der Waals surface area (Å²) in [6, 6.07) is 0. The van der Waals surface area contributed by atoms with Crippen LogP contribution in [0.25, 0.3) is 0 Å². The molecule has 3 heteroatoms. The molecule has 0 rings (SSSR count).